The smallest absolute Gasteiger partial charge is 0.251 e. The van der Waals surface area contributed by atoms with E-state index in [1.165, 1.54) is 16.0 Å². The Balaban J connectivity index is 1.75. The first kappa shape index (κ1) is 15.2. The molecule has 0 aromatic heterocycles. The molecule has 0 unspecified atom stereocenters. The molecule has 1 amide bonds. The lowest BCUT2D eigenvalue weighted by atomic mass is 10.0. The van der Waals surface area contributed by atoms with Crippen molar-refractivity contribution in [3.05, 3.63) is 65.2 Å². The highest BCUT2D eigenvalue weighted by atomic mass is 32.2. The first-order chi connectivity index (χ1) is 10.6. The van der Waals surface area contributed by atoms with Crippen LogP contribution in [-0.2, 0) is 0 Å². The summed E-state index contributed by atoms with van der Waals surface area (Å²) in [6.07, 6.45) is 0.984. The number of carbonyl (C=O) groups excluding carboxylic acids is 1. The van der Waals surface area contributed by atoms with Gasteiger partial charge >= 0.3 is 0 Å². The zero-order valence-corrected chi connectivity index (χ0v) is 13.8. The van der Waals surface area contributed by atoms with Gasteiger partial charge in [0.15, 0.2) is 0 Å². The molecule has 2 nitrogen and oxygen atoms in total. The van der Waals surface area contributed by atoms with E-state index < -0.39 is 0 Å². The molecule has 2 aromatic rings. The first-order valence-corrected chi connectivity index (χ1v) is 8.76. The largest absolute Gasteiger partial charge is 0.345 e. The first-order valence-electron chi connectivity index (χ1n) is 7.77. The normalized spacial score (nSPS) is 17.1. The molecule has 0 fully saturated rings. The highest BCUT2D eigenvalue weighted by Crippen LogP contribution is 2.35. The molecule has 1 atom stereocenters. The van der Waals surface area contributed by atoms with Crippen molar-refractivity contribution in [3.63, 3.8) is 0 Å². The number of thioether (sulfide) groups is 1. The number of rotatable bonds is 3. The summed E-state index contributed by atoms with van der Waals surface area (Å²) in [6, 6.07) is 16.4. The lowest BCUT2D eigenvalue weighted by Crippen LogP contribution is -2.30. The number of hydrogen-bond donors (Lipinski definition) is 1. The second kappa shape index (κ2) is 6.57. The van der Waals surface area contributed by atoms with Gasteiger partial charge in [-0.3, -0.25) is 4.79 Å². The van der Waals surface area contributed by atoms with E-state index in [4.69, 9.17) is 0 Å². The quantitative estimate of drug-likeness (QED) is 0.884. The number of hydrogen-bond acceptors (Lipinski definition) is 2. The van der Waals surface area contributed by atoms with Gasteiger partial charge in [-0.2, -0.15) is 0 Å². The lowest BCUT2D eigenvalue weighted by molar-refractivity contribution is 0.0935. The van der Waals surface area contributed by atoms with E-state index in [-0.39, 0.29) is 11.9 Å². The summed E-state index contributed by atoms with van der Waals surface area (Å²) in [5.74, 6) is 1.55. The molecule has 3 heteroatoms. The Morgan fingerprint density at radius 1 is 1.14 bits per heavy atom. The fourth-order valence-corrected chi connectivity index (χ4v) is 3.88. The van der Waals surface area contributed by atoms with Crippen molar-refractivity contribution in [1.29, 1.82) is 0 Å². The van der Waals surface area contributed by atoms with Gasteiger partial charge in [0.2, 0.25) is 0 Å². The van der Waals surface area contributed by atoms with E-state index in [0.29, 0.717) is 5.92 Å². The van der Waals surface area contributed by atoms with Crippen molar-refractivity contribution < 1.29 is 4.79 Å². The van der Waals surface area contributed by atoms with Crippen LogP contribution in [0.15, 0.2) is 53.4 Å². The average molecular weight is 311 g/mol. The Labute approximate surface area is 136 Å². The van der Waals surface area contributed by atoms with Crippen LogP contribution in [0.25, 0.3) is 0 Å². The molecule has 3 rings (SSSR count). The van der Waals surface area contributed by atoms with Crippen LogP contribution in [0.3, 0.4) is 0 Å². The average Bonchev–Trinajstić information content (AvgIpc) is 2.55. The molecule has 0 bridgehead atoms. The van der Waals surface area contributed by atoms with Gasteiger partial charge in [-0.15, -0.1) is 11.8 Å². The highest BCUT2D eigenvalue weighted by molar-refractivity contribution is 7.99. The van der Waals surface area contributed by atoms with E-state index in [0.717, 1.165) is 17.7 Å². The van der Waals surface area contributed by atoms with Crippen molar-refractivity contribution in [3.8, 4) is 0 Å². The summed E-state index contributed by atoms with van der Waals surface area (Å²) in [7, 11) is 0. The van der Waals surface area contributed by atoms with Gasteiger partial charge < -0.3 is 5.32 Å². The van der Waals surface area contributed by atoms with Crippen molar-refractivity contribution in [2.45, 2.75) is 37.1 Å². The molecule has 1 heterocycles. The predicted molar refractivity (Wildman–Crippen MR) is 92.5 cm³/mol. The molecule has 1 N–H and O–H groups in total. The second-order valence-corrected chi connectivity index (χ2v) is 7.11. The van der Waals surface area contributed by atoms with Crippen molar-refractivity contribution >= 4 is 17.7 Å². The van der Waals surface area contributed by atoms with Crippen LogP contribution in [0.5, 0.6) is 0 Å². The maximum atomic E-state index is 12.5. The molecule has 1 aliphatic heterocycles. The standard InChI is InChI=1S/C19H21NOS/c1-13(2)14-7-9-15(10-8-14)19(21)20-17-11-12-22-18-6-4-3-5-16(17)18/h3-10,13,17H,11-12H2,1-2H3,(H,20,21)/t17-/m1/s1. The van der Waals surface area contributed by atoms with Gasteiger partial charge in [-0.1, -0.05) is 44.2 Å². The van der Waals surface area contributed by atoms with E-state index in [1.54, 1.807) is 0 Å². The van der Waals surface area contributed by atoms with E-state index in [2.05, 4.69) is 37.4 Å². The van der Waals surface area contributed by atoms with Crippen LogP contribution in [0.4, 0.5) is 0 Å². The zero-order chi connectivity index (χ0) is 15.5. The number of benzene rings is 2. The monoisotopic (exact) mass is 311 g/mol. The Bertz CT molecular complexity index is 663. The van der Waals surface area contributed by atoms with Crippen molar-refractivity contribution in [1.82, 2.24) is 5.32 Å². The molecule has 22 heavy (non-hydrogen) atoms. The summed E-state index contributed by atoms with van der Waals surface area (Å²) >= 11 is 1.87. The molecule has 0 saturated carbocycles. The number of fused-ring (bicyclic) bond motifs is 1. The summed E-state index contributed by atoms with van der Waals surface area (Å²) in [6.45, 7) is 4.32. The van der Waals surface area contributed by atoms with Gasteiger partial charge in [0.05, 0.1) is 6.04 Å². The van der Waals surface area contributed by atoms with E-state index in [1.807, 2.05) is 42.1 Å². The molecule has 0 saturated heterocycles. The van der Waals surface area contributed by atoms with Crippen LogP contribution in [0.2, 0.25) is 0 Å². The van der Waals surface area contributed by atoms with Crippen molar-refractivity contribution in [2.24, 2.45) is 0 Å². The molecule has 0 aliphatic carbocycles. The number of amides is 1. The van der Waals surface area contributed by atoms with E-state index in [9.17, 15) is 4.79 Å². The van der Waals surface area contributed by atoms with Gasteiger partial charge in [-0.25, -0.2) is 0 Å². The third-order valence-electron chi connectivity index (χ3n) is 4.10. The van der Waals surface area contributed by atoms with Gasteiger partial charge in [-0.05, 0) is 41.7 Å². The molecule has 2 aromatic carbocycles. The fourth-order valence-electron chi connectivity index (χ4n) is 2.75. The molecule has 0 radical (unpaired) electrons. The van der Waals surface area contributed by atoms with Crippen LogP contribution >= 0.6 is 11.8 Å². The predicted octanol–water partition coefficient (Wildman–Crippen LogP) is 4.78. The van der Waals surface area contributed by atoms with Gasteiger partial charge in [0.25, 0.3) is 5.91 Å². The minimum atomic E-state index is 0.0157. The SMILES string of the molecule is CC(C)c1ccc(C(=O)N[C@@H]2CCSc3ccccc32)cc1. The van der Waals surface area contributed by atoms with Crippen LogP contribution in [0, 0.1) is 0 Å². The summed E-state index contributed by atoms with van der Waals surface area (Å²) < 4.78 is 0. The van der Waals surface area contributed by atoms with Crippen LogP contribution in [-0.4, -0.2) is 11.7 Å². The molecule has 0 spiro atoms. The maximum Gasteiger partial charge on any atom is 0.251 e. The van der Waals surface area contributed by atoms with Crippen molar-refractivity contribution in [2.75, 3.05) is 5.75 Å². The molecule has 1 aliphatic rings. The van der Waals surface area contributed by atoms with Gasteiger partial charge in [0.1, 0.15) is 0 Å². The third-order valence-corrected chi connectivity index (χ3v) is 5.23. The van der Waals surface area contributed by atoms with E-state index >= 15 is 0 Å². The third kappa shape index (κ3) is 3.20. The summed E-state index contributed by atoms with van der Waals surface area (Å²) in [4.78, 5) is 13.8. The molecule has 114 valence electrons. The highest BCUT2D eigenvalue weighted by Gasteiger charge is 2.22. The molecular formula is C19H21NOS. The molecular weight excluding hydrogens is 290 g/mol. The number of carbonyl (C=O) groups is 1. The van der Waals surface area contributed by atoms with Gasteiger partial charge in [0, 0.05) is 16.2 Å². The second-order valence-electron chi connectivity index (χ2n) is 5.98. The van der Waals surface area contributed by atoms with Crippen LogP contribution < -0.4 is 5.32 Å². The zero-order valence-electron chi connectivity index (χ0n) is 13.0. The summed E-state index contributed by atoms with van der Waals surface area (Å²) in [5.41, 5.74) is 3.24. The Morgan fingerprint density at radius 3 is 2.59 bits per heavy atom. The summed E-state index contributed by atoms with van der Waals surface area (Å²) in [5, 5.41) is 3.19. The Morgan fingerprint density at radius 2 is 1.86 bits per heavy atom. The lowest BCUT2D eigenvalue weighted by Gasteiger charge is -2.26. The van der Waals surface area contributed by atoms with Crippen LogP contribution in [0.1, 0.15) is 53.7 Å². The Hall–Kier alpha value is -1.74. The minimum absolute atomic E-state index is 0.0157. The minimum Gasteiger partial charge on any atom is -0.345 e. The Kier molecular flexibility index (Phi) is 4.53. The fraction of sp³-hybridized carbons (Fsp3) is 0.316. The number of nitrogens with one attached hydrogen (secondary N) is 1. The maximum absolute atomic E-state index is 12.5. The topological polar surface area (TPSA) is 29.1 Å².